The zero-order valence-electron chi connectivity index (χ0n) is 10.0. The molecule has 0 unspecified atom stereocenters. The molecular formula is C13H12O5. The van der Waals surface area contributed by atoms with Gasteiger partial charge in [-0.2, -0.15) is 0 Å². The van der Waals surface area contributed by atoms with Crippen LogP contribution in [0.1, 0.15) is 24.2 Å². The Kier molecular flexibility index (Phi) is 2.90. The molecule has 0 aliphatic carbocycles. The van der Waals surface area contributed by atoms with Gasteiger partial charge in [0.1, 0.15) is 0 Å². The first-order valence-electron chi connectivity index (χ1n) is 5.46. The molecule has 94 valence electrons. The van der Waals surface area contributed by atoms with E-state index in [1.807, 2.05) is 0 Å². The van der Waals surface area contributed by atoms with Crippen LogP contribution >= 0.6 is 0 Å². The summed E-state index contributed by atoms with van der Waals surface area (Å²) in [5.41, 5.74) is 0.274. The number of carbonyl (C=O) groups excluding carboxylic acids is 3. The van der Waals surface area contributed by atoms with Crippen LogP contribution in [0.3, 0.4) is 0 Å². The maximum absolute atomic E-state index is 12.0. The van der Waals surface area contributed by atoms with Gasteiger partial charge in [-0.15, -0.1) is 0 Å². The summed E-state index contributed by atoms with van der Waals surface area (Å²) in [5.74, 6) is -5.20. The SMILES string of the molecule is CC1(C)OC(=O)C(C(=O)c2ccccc2)C(=O)O1. The van der Waals surface area contributed by atoms with E-state index >= 15 is 0 Å². The maximum atomic E-state index is 12.0. The number of rotatable bonds is 2. The van der Waals surface area contributed by atoms with Crippen molar-refractivity contribution in [1.29, 1.82) is 0 Å². The van der Waals surface area contributed by atoms with Crippen molar-refractivity contribution in [3.63, 3.8) is 0 Å². The number of Topliss-reactive ketones (excluding diaryl/α,β-unsaturated/α-hetero) is 1. The van der Waals surface area contributed by atoms with Gasteiger partial charge in [-0.25, -0.2) is 0 Å². The highest BCUT2D eigenvalue weighted by atomic mass is 16.7. The average molecular weight is 248 g/mol. The van der Waals surface area contributed by atoms with Crippen molar-refractivity contribution < 1.29 is 23.9 Å². The Morgan fingerprint density at radius 1 is 1.06 bits per heavy atom. The van der Waals surface area contributed by atoms with Crippen LogP contribution in [0.25, 0.3) is 0 Å². The fourth-order valence-electron chi connectivity index (χ4n) is 1.70. The number of cyclic esters (lactones) is 2. The summed E-state index contributed by atoms with van der Waals surface area (Å²) < 4.78 is 9.79. The lowest BCUT2D eigenvalue weighted by Crippen LogP contribution is -2.49. The predicted molar refractivity (Wildman–Crippen MR) is 60.5 cm³/mol. The first-order valence-corrected chi connectivity index (χ1v) is 5.46. The molecule has 18 heavy (non-hydrogen) atoms. The summed E-state index contributed by atoms with van der Waals surface area (Å²) in [7, 11) is 0. The van der Waals surface area contributed by atoms with Gasteiger partial charge >= 0.3 is 11.9 Å². The molecule has 1 heterocycles. The lowest BCUT2D eigenvalue weighted by molar-refractivity contribution is -0.236. The first kappa shape index (κ1) is 12.3. The molecule has 0 amide bonds. The van der Waals surface area contributed by atoms with Crippen LogP contribution in [-0.2, 0) is 19.1 Å². The molecule has 0 spiro atoms. The molecule has 0 N–H and O–H groups in total. The normalized spacial score (nSPS) is 19.0. The Balaban J connectivity index is 2.27. The van der Waals surface area contributed by atoms with Crippen LogP contribution < -0.4 is 0 Å². The number of ether oxygens (including phenoxy) is 2. The molecule has 1 saturated heterocycles. The lowest BCUT2D eigenvalue weighted by atomic mass is 9.97. The van der Waals surface area contributed by atoms with Gasteiger partial charge in [-0.3, -0.25) is 14.4 Å². The Bertz CT molecular complexity index is 483. The van der Waals surface area contributed by atoms with E-state index < -0.39 is 29.4 Å². The van der Waals surface area contributed by atoms with Crippen LogP contribution in [0.4, 0.5) is 0 Å². The van der Waals surface area contributed by atoms with Crippen molar-refractivity contribution in [2.24, 2.45) is 5.92 Å². The summed E-state index contributed by atoms with van der Waals surface area (Å²) >= 11 is 0. The third-order valence-electron chi connectivity index (χ3n) is 2.48. The van der Waals surface area contributed by atoms with Crippen LogP contribution in [0.2, 0.25) is 0 Å². The summed E-state index contributed by atoms with van der Waals surface area (Å²) in [4.78, 5) is 35.4. The second kappa shape index (κ2) is 4.25. The summed E-state index contributed by atoms with van der Waals surface area (Å²) in [5, 5.41) is 0. The van der Waals surface area contributed by atoms with Gasteiger partial charge < -0.3 is 9.47 Å². The molecule has 0 aromatic heterocycles. The van der Waals surface area contributed by atoms with Gasteiger partial charge in [0.15, 0.2) is 5.78 Å². The molecule has 1 fully saturated rings. The second-order valence-electron chi connectivity index (χ2n) is 4.41. The molecule has 1 aromatic rings. The number of hydrogen-bond donors (Lipinski definition) is 0. The van der Waals surface area contributed by atoms with E-state index in [9.17, 15) is 14.4 Å². The van der Waals surface area contributed by atoms with Gasteiger partial charge in [0.05, 0.1) is 0 Å². The fourth-order valence-corrected chi connectivity index (χ4v) is 1.70. The largest absolute Gasteiger partial charge is 0.422 e. The lowest BCUT2D eigenvalue weighted by Gasteiger charge is -2.32. The number of esters is 2. The van der Waals surface area contributed by atoms with Crippen molar-refractivity contribution in [3.8, 4) is 0 Å². The van der Waals surface area contributed by atoms with Crippen molar-refractivity contribution >= 4 is 17.7 Å². The van der Waals surface area contributed by atoms with Crippen molar-refractivity contribution in [1.82, 2.24) is 0 Å². The number of hydrogen-bond acceptors (Lipinski definition) is 5. The van der Waals surface area contributed by atoms with Crippen molar-refractivity contribution in [2.75, 3.05) is 0 Å². The summed E-state index contributed by atoms with van der Waals surface area (Å²) in [6.45, 7) is 2.87. The minimum absolute atomic E-state index is 0.274. The third kappa shape index (κ3) is 2.25. The number of benzene rings is 1. The second-order valence-corrected chi connectivity index (χ2v) is 4.41. The standard InChI is InChI=1S/C13H12O5/c1-13(2)17-11(15)9(12(16)18-13)10(14)8-6-4-3-5-7-8/h3-7,9H,1-2H3. The Hall–Kier alpha value is -2.17. The van der Waals surface area contributed by atoms with E-state index in [-0.39, 0.29) is 5.56 Å². The smallest absolute Gasteiger partial charge is 0.331 e. The molecule has 1 aliphatic heterocycles. The zero-order chi connectivity index (χ0) is 13.3. The van der Waals surface area contributed by atoms with E-state index in [0.29, 0.717) is 0 Å². The molecule has 1 aromatic carbocycles. The van der Waals surface area contributed by atoms with Gasteiger partial charge in [0.2, 0.25) is 5.92 Å². The van der Waals surface area contributed by atoms with E-state index in [1.165, 1.54) is 26.0 Å². The van der Waals surface area contributed by atoms with Crippen molar-refractivity contribution in [2.45, 2.75) is 19.6 Å². The number of ketones is 1. The fraction of sp³-hybridized carbons (Fsp3) is 0.308. The molecule has 0 atom stereocenters. The van der Waals surface area contributed by atoms with Crippen molar-refractivity contribution in [3.05, 3.63) is 35.9 Å². The van der Waals surface area contributed by atoms with Gasteiger partial charge in [0, 0.05) is 19.4 Å². The molecular weight excluding hydrogens is 236 g/mol. The zero-order valence-corrected chi connectivity index (χ0v) is 10.0. The van der Waals surface area contributed by atoms with Gasteiger partial charge in [0.25, 0.3) is 5.79 Å². The minimum Gasteiger partial charge on any atom is -0.422 e. The molecule has 2 rings (SSSR count). The monoisotopic (exact) mass is 248 g/mol. The van der Waals surface area contributed by atoms with E-state index in [1.54, 1.807) is 18.2 Å². The molecule has 5 heteroatoms. The highest BCUT2D eigenvalue weighted by Crippen LogP contribution is 2.25. The highest BCUT2D eigenvalue weighted by Gasteiger charge is 2.47. The summed E-state index contributed by atoms with van der Waals surface area (Å²) in [6, 6.07) is 8.09. The average Bonchev–Trinajstić information content (AvgIpc) is 2.27. The Labute approximate surface area is 104 Å². The van der Waals surface area contributed by atoms with Crippen LogP contribution in [-0.4, -0.2) is 23.5 Å². The van der Waals surface area contributed by atoms with E-state index in [4.69, 9.17) is 9.47 Å². The Morgan fingerprint density at radius 2 is 1.56 bits per heavy atom. The molecule has 0 bridgehead atoms. The van der Waals surface area contributed by atoms with Crippen LogP contribution in [0, 0.1) is 5.92 Å². The summed E-state index contributed by atoms with van der Waals surface area (Å²) in [6.07, 6.45) is 0. The van der Waals surface area contributed by atoms with E-state index in [2.05, 4.69) is 0 Å². The molecule has 5 nitrogen and oxygen atoms in total. The van der Waals surface area contributed by atoms with Crippen LogP contribution in [0.15, 0.2) is 30.3 Å². The predicted octanol–water partition coefficient (Wildman–Crippen LogP) is 1.32. The Morgan fingerprint density at radius 3 is 2.06 bits per heavy atom. The highest BCUT2D eigenvalue weighted by molar-refractivity contribution is 6.21. The molecule has 0 radical (unpaired) electrons. The third-order valence-corrected chi connectivity index (χ3v) is 2.48. The maximum Gasteiger partial charge on any atom is 0.331 e. The molecule has 0 saturated carbocycles. The van der Waals surface area contributed by atoms with E-state index in [0.717, 1.165) is 0 Å². The van der Waals surface area contributed by atoms with Crippen LogP contribution in [0.5, 0.6) is 0 Å². The molecule has 1 aliphatic rings. The quantitative estimate of drug-likeness (QED) is 0.448. The topological polar surface area (TPSA) is 69.7 Å². The van der Waals surface area contributed by atoms with Gasteiger partial charge in [-0.1, -0.05) is 30.3 Å². The minimum atomic E-state index is -1.53. The number of carbonyl (C=O) groups is 3. The first-order chi connectivity index (χ1) is 8.41. The van der Waals surface area contributed by atoms with Gasteiger partial charge in [-0.05, 0) is 0 Å².